The van der Waals surface area contributed by atoms with E-state index in [4.69, 9.17) is 4.42 Å². The minimum Gasteiger partial charge on any atom is -0.425 e. The van der Waals surface area contributed by atoms with Gasteiger partial charge in [-0.2, -0.15) is 0 Å². The van der Waals surface area contributed by atoms with Gasteiger partial charge in [-0.05, 0) is 62.3 Å². The fourth-order valence-electron chi connectivity index (χ4n) is 5.90. The summed E-state index contributed by atoms with van der Waals surface area (Å²) in [6.45, 7) is 3.05. The number of hydrogen-bond acceptors (Lipinski definition) is 4. The number of hydrogen-bond donors (Lipinski definition) is 0. The Hall–Kier alpha value is -2.17. The molecule has 4 aliphatic rings. The van der Waals surface area contributed by atoms with Crippen molar-refractivity contribution >= 4 is 5.91 Å². The molecule has 148 valence electrons. The van der Waals surface area contributed by atoms with Gasteiger partial charge in [-0.25, -0.2) is 0 Å². The molecule has 2 saturated carbocycles. The van der Waals surface area contributed by atoms with E-state index in [2.05, 4.69) is 40.2 Å². The molecule has 2 unspecified atom stereocenters. The predicted molar refractivity (Wildman–Crippen MR) is 106 cm³/mol. The highest BCUT2D eigenvalue weighted by Gasteiger charge is 2.43. The maximum atomic E-state index is 13.0. The van der Waals surface area contributed by atoms with Gasteiger partial charge in [-0.15, -0.1) is 10.2 Å². The van der Waals surface area contributed by atoms with E-state index < -0.39 is 0 Å². The number of amides is 1. The van der Waals surface area contributed by atoms with Crippen LogP contribution in [0.2, 0.25) is 0 Å². The first-order chi connectivity index (χ1) is 13.6. The fourth-order valence-corrected chi connectivity index (χ4v) is 5.90. The van der Waals surface area contributed by atoms with Crippen LogP contribution in [0, 0.1) is 24.7 Å². The third-order valence-electron chi connectivity index (χ3n) is 6.93. The zero-order valence-electron chi connectivity index (χ0n) is 16.6. The van der Waals surface area contributed by atoms with Crippen molar-refractivity contribution in [1.29, 1.82) is 0 Å². The lowest BCUT2D eigenvalue weighted by Gasteiger charge is -2.39. The van der Waals surface area contributed by atoms with E-state index in [1.165, 1.54) is 43.2 Å². The smallest absolute Gasteiger partial charge is 0.223 e. The molecule has 28 heavy (non-hydrogen) atoms. The molecule has 0 N–H and O–H groups in total. The molecule has 0 spiro atoms. The number of fused-ring (bicyclic) bond motifs is 1. The molecule has 2 aliphatic carbocycles. The molecule has 5 heteroatoms. The van der Waals surface area contributed by atoms with Crippen molar-refractivity contribution < 1.29 is 9.21 Å². The van der Waals surface area contributed by atoms with E-state index in [0.29, 0.717) is 37.1 Å². The summed E-state index contributed by atoms with van der Waals surface area (Å²) >= 11 is 0. The summed E-state index contributed by atoms with van der Waals surface area (Å²) in [7, 11) is 0. The second-order valence-corrected chi connectivity index (χ2v) is 9.23. The van der Waals surface area contributed by atoms with Crippen molar-refractivity contribution in [2.24, 2.45) is 17.8 Å². The molecule has 4 bridgehead atoms. The van der Waals surface area contributed by atoms with Gasteiger partial charge in [-0.3, -0.25) is 4.79 Å². The predicted octanol–water partition coefficient (Wildman–Crippen LogP) is 3.94. The highest BCUT2D eigenvalue weighted by Crippen LogP contribution is 2.47. The standard InChI is InChI=1S/C23H29N3O2/c1-15-3-2-4-16(7-15)13-22-25-24-21(28-22)5-6-23(27)26-14-19-9-17-8-18(10-19)12-20(26)11-17/h2-4,7,17-20H,5-6,8-14H2,1H3/t17-,18+,19?,20?. The first-order valence-electron chi connectivity index (χ1n) is 10.8. The molecule has 1 aromatic heterocycles. The zero-order valence-corrected chi connectivity index (χ0v) is 16.6. The van der Waals surface area contributed by atoms with Crippen LogP contribution in [0.5, 0.6) is 0 Å². The van der Waals surface area contributed by atoms with Gasteiger partial charge in [-0.1, -0.05) is 29.8 Å². The number of rotatable bonds is 5. The topological polar surface area (TPSA) is 59.2 Å². The van der Waals surface area contributed by atoms with Crippen molar-refractivity contribution in [3.63, 3.8) is 0 Å². The van der Waals surface area contributed by atoms with E-state index in [-0.39, 0.29) is 5.91 Å². The lowest BCUT2D eigenvalue weighted by molar-refractivity contribution is -0.134. The zero-order chi connectivity index (χ0) is 19.1. The Morgan fingerprint density at radius 1 is 1.07 bits per heavy atom. The number of aryl methyl sites for hydroxylation is 2. The van der Waals surface area contributed by atoms with Crippen molar-refractivity contribution in [3.8, 4) is 0 Å². The van der Waals surface area contributed by atoms with Crippen molar-refractivity contribution in [1.82, 2.24) is 15.1 Å². The van der Waals surface area contributed by atoms with Crippen LogP contribution in [0.15, 0.2) is 28.7 Å². The molecular weight excluding hydrogens is 350 g/mol. The van der Waals surface area contributed by atoms with Gasteiger partial charge in [0, 0.05) is 25.4 Å². The Morgan fingerprint density at radius 2 is 1.82 bits per heavy atom. The van der Waals surface area contributed by atoms with E-state index in [1.54, 1.807) is 0 Å². The third-order valence-corrected chi connectivity index (χ3v) is 6.93. The van der Waals surface area contributed by atoms with E-state index >= 15 is 0 Å². The average molecular weight is 380 g/mol. The first-order valence-corrected chi connectivity index (χ1v) is 10.8. The van der Waals surface area contributed by atoms with Crippen LogP contribution in [0.1, 0.15) is 61.4 Å². The lowest BCUT2D eigenvalue weighted by atomic mass is 9.68. The molecule has 6 rings (SSSR count). The second-order valence-electron chi connectivity index (χ2n) is 9.23. The summed E-state index contributed by atoms with van der Waals surface area (Å²) in [5.41, 5.74) is 2.39. The molecule has 2 aliphatic heterocycles. The number of benzene rings is 1. The summed E-state index contributed by atoms with van der Waals surface area (Å²) in [5.74, 6) is 3.93. The van der Waals surface area contributed by atoms with Crippen LogP contribution in [-0.2, 0) is 17.6 Å². The molecule has 1 amide bonds. The van der Waals surface area contributed by atoms with Crippen LogP contribution < -0.4 is 0 Å². The molecule has 2 aromatic rings. The molecular formula is C23H29N3O2. The van der Waals surface area contributed by atoms with Gasteiger partial charge >= 0.3 is 0 Å². The summed E-state index contributed by atoms with van der Waals surface area (Å²) < 4.78 is 5.81. The van der Waals surface area contributed by atoms with Crippen LogP contribution in [0.3, 0.4) is 0 Å². The van der Waals surface area contributed by atoms with Crippen molar-refractivity contribution in [2.75, 3.05) is 6.54 Å². The average Bonchev–Trinajstić information content (AvgIpc) is 3.01. The molecule has 0 radical (unpaired) electrons. The SMILES string of the molecule is Cc1cccc(Cc2nnc(CCC(=O)N3CC4C[C@@H]5CC3C[C@H](C4)C5)o2)c1. The summed E-state index contributed by atoms with van der Waals surface area (Å²) in [5, 5.41) is 8.34. The van der Waals surface area contributed by atoms with Crippen LogP contribution >= 0.6 is 0 Å². The minimum absolute atomic E-state index is 0.275. The normalized spacial score (nSPS) is 28.5. The van der Waals surface area contributed by atoms with Gasteiger partial charge in [0.2, 0.25) is 17.7 Å². The molecule has 4 atom stereocenters. The van der Waals surface area contributed by atoms with Gasteiger partial charge in [0.05, 0.1) is 6.42 Å². The van der Waals surface area contributed by atoms with Gasteiger partial charge < -0.3 is 9.32 Å². The van der Waals surface area contributed by atoms with Gasteiger partial charge in [0.25, 0.3) is 0 Å². The summed E-state index contributed by atoms with van der Waals surface area (Å²) in [6.07, 6.45) is 8.18. The second kappa shape index (κ2) is 7.34. The quantitative estimate of drug-likeness (QED) is 0.789. The number of carbonyl (C=O) groups is 1. The fraction of sp³-hybridized carbons (Fsp3) is 0.609. The number of carbonyl (C=O) groups excluding carboxylic acids is 1. The van der Waals surface area contributed by atoms with E-state index in [1.807, 2.05) is 6.07 Å². The van der Waals surface area contributed by atoms with Crippen LogP contribution in [0.25, 0.3) is 0 Å². The molecule has 5 nitrogen and oxygen atoms in total. The maximum Gasteiger partial charge on any atom is 0.223 e. The van der Waals surface area contributed by atoms with Crippen molar-refractivity contribution in [3.05, 3.63) is 47.2 Å². The van der Waals surface area contributed by atoms with Gasteiger partial charge in [0.15, 0.2) is 0 Å². The monoisotopic (exact) mass is 379 g/mol. The third kappa shape index (κ3) is 3.71. The molecule has 2 saturated heterocycles. The largest absolute Gasteiger partial charge is 0.425 e. The molecule has 4 fully saturated rings. The minimum atomic E-state index is 0.275. The molecule has 1 aromatic carbocycles. The van der Waals surface area contributed by atoms with Gasteiger partial charge in [0.1, 0.15) is 0 Å². The highest BCUT2D eigenvalue weighted by atomic mass is 16.4. The van der Waals surface area contributed by atoms with E-state index in [0.717, 1.165) is 24.3 Å². The van der Waals surface area contributed by atoms with E-state index in [9.17, 15) is 4.79 Å². The Balaban J connectivity index is 1.19. The highest BCUT2D eigenvalue weighted by molar-refractivity contribution is 5.76. The summed E-state index contributed by atoms with van der Waals surface area (Å²) in [4.78, 5) is 15.2. The Labute approximate surface area is 166 Å². The molecule has 3 heterocycles. The maximum absolute atomic E-state index is 13.0. The van der Waals surface area contributed by atoms with Crippen molar-refractivity contribution in [2.45, 2.75) is 64.3 Å². The Bertz CT molecular complexity index is 847. The van der Waals surface area contributed by atoms with Crippen LogP contribution in [0.4, 0.5) is 0 Å². The Morgan fingerprint density at radius 3 is 2.61 bits per heavy atom. The summed E-state index contributed by atoms with van der Waals surface area (Å²) in [6, 6.07) is 8.80. The first kappa shape index (κ1) is 17.9. The number of nitrogens with zero attached hydrogens (tertiary/aromatic N) is 3. The van der Waals surface area contributed by atoms with Crippen LogP contribution in [-0.4, -0.2) is 33.6 Å². The lowest BCUT2D eigenvalue weighted by Crippen LogP contribution is -2.42. The Kier molecular flexibility index (Phi) is 4.69. The number of aromatic nitrogens is 2.